The largest absolute Gasteiger partial charge is 0.493 e. The van der Waals surface area contributed by atoms with Gasteiger partial charge in [0, 0.05) is 30.4 Å². The molecule has 2 aromatic carbocycles. The summed E-state index contributed by atoms with van der Waals surface area (Å²) in [7, 11) is 4.44. The van der Waals surface area contributed by atoms with Gasteiger partial charge in [0.05, 0.1) is 21.3 Å². The van der Waals surface area contributed by atoms with Gasteiger partial charge in [-0.2, -0.15) is 0 Å². The number of nitrogens with zero attached hydrogens (tertiary/aromatic N) is 2. The van der Waals surface area contributed by atoms with Crippen molar-refractivity contribution in [3.8, 4) is 22.8 Å². The Morgan fingerprint density at radius 3 is 2.49 bits per heavy atom. The number of amides is 1. The molecule has 4 rings (SSSR count). The third-order valence-corrected chi connectivity index (χ3v) is 5.85. The average molecular weight is 504 g/mol. The van der Waals surface area contributed by atoms with Crippen LogP contribution in [0.4, 0.5) is 5.82 Å². The van der Waals surface area contributed by atoms with E-state index in [-0.39, 0.29) is 12.5 Å². The number of hydrogen-bond acceptors (Lipinski definition) is 8. The van der Waals surface area contributed by atoms with Crippen molar-refractivity contribution in [2.24, 2.45) is 5.73 Å². The van der Waals surface area contributed by atoms with Crippen LogP contribution >= 0.6 is 0 Å². The van der Waals surface area contributed by atoms with Gasteiger partial charge < -0.3 is 30.6 Å². The number of imidazole rings is 1. The third-order valence-electron chi connectivity index (χ3n) is 5.85. The van der Waals surface area contributed by atoms with Crippen LogP contribution in [0.5, 0.6) is 11.5 Å². The molecular weight excluding hydrogens is 474 g/mol. The van der Waals surface area contributed by atoms with Crippen molar-refractivity contribution in [1.82, 2.24) is 14.7 Å². The van der Waals surface area contributed by atoms with Crippen LogP contribution in [0, 0.1) is 0 Å². The van der Waals surface area contributed by atoms with Gasteiger partial charge in [0.1, 0.15) is 23.7 Å². The molecule has 1 amide bonds. The summed E-state index contributed by atoms with van der Waals surface area (Å²) in [6.45, 7) is 0.747. The maximum atomic E-state index is 12.9. The Bertz CT molecular complexity index is 1430. The number of anilines is 1. The van der Waals surface area contributed by atoms with Crippen LogP contribution in [-0.2, 0) is 22.6 Å². The zero-order valence-corrected chi connectivity index (χ0v) is 20.9. The van der Waals surface area contributed by atoms with Crippen LogP contribution < -0.4 is 25.8 Å². The normalized spacial score (nSPS) is 10.7. The molecule has 0 aliphatic rings. The molecule has 0 spiro atoms. The lowest BCUT2D eigenvalue weighted by Gasteiger charge is -2.11. The van der Waals surface area contributed by atoms with E-state index in [4.69, 9.17) is 24.9 Å². The highest BCUT2D eigenvalue weighted by molar-refractivity contribution is 5.95. The summed E-state index contributed by atoms with van der Waals surface area (Å²) in [5.74, 6) is 1.02. The summed E-state index contributed by atoms with van der Waals surface area (Å²) in [5.41, 5.74) is 9.95. The molecule has 4 N–H and O–H groups in total. The number of nitrogens with one attached hydrogen (secondary N) is 2. The summed E-state index contributed by atoms with van der Waals surface area (Å²) in [4.78, 5) is 29.5. The first-order valence-corrected chi connectivity index (χ1v) is 11.6. The summed E-state index contributed by atoms with van der Waals surface area (Å²) in [5, 5.41) is 6.04. The topological polar surface area (TPSA) is 129 Å². The highest BCUT2D eigenvalue weighted by atomic mass is 16.5. The molecule has 2 aromatic heterocycles. The highest BCUT2D eigenvalue weighted by Gasteiger charge is 2.18. The van der Waals surface area contributed by atoms with Gasteiger partial charge >= 0.3 is 5.97 Å². The molecule has 0 aliphatic carbocycles. The summed E-state index contributed by atoms with van der Waals surface area (Å²) >= 11 is 0. The Labute approximate surface area is 214 Å². The van der Waals surface area contributed by atoms with E-state index < -0.39 is 5.97 Å². The molecule has 10 nitrogen and oxygen atoms in total. The van der Waals surface area contributed by atoms with Gasteiger partial charge in [0.15, 0.2) is 11.5 Å². The van der Waals surface area contributed by atoms with E-state index in [1.165, 1.54) is 7.11 Å². The SMILES string of the molecule is COC(=O)CNc1c(-c2ccc(OC)c(OC)c2)nc2cc(C(=O)NCc3cccc(CN)c3)ccn12. The van der Waals surface area contributed by atoms with Crippen LogP contribution in [-0.4, -0.2) is 49.1 Å². The number of pyridine rings is 1. The lowest BCUT2D eigenvalue weighted by molar-refractivity contribution is -0.138. The number of ether oxygens (including phenoxy) is 3. The zero-order valence-electron chi connectivity index (χ0n) is 20.9. The standard InChI is InChI=1S/C27H29N5O5/c1-35-21-8-7-19(12-22(21)36-2)25-26(29-16-24(33)37-3)32-10-9-20(13-23(32)31-25)27(34)30-15-18-6-4-5-17(11-18)14-28/h4-13,29H,14-16,28H2,1-3H3,(H,30,34). The minimum Gasteiger partial charge on any atom is -0.493 e. The molecule has 192 valence electrons. The highest BCUT2D eigenvalue weighted by Crippen LogP contribution is 2.35. The second kappa shape index (κ2) is 11.4. The first-order valence-electron chi connectivity index (χ1n) is 11.6. The second-order valence-corrected chi connectivity index (χ2v) is 8.16. The maximum Gasteiger partial charge on any atom is 0.325 e. The number of carbonyl (C=O) groups is 2. The summed E-state index contributed by atoms with van der Waals surface area (Å²) in [6.07, 6.45) is 1.73. The molecule has 0 aliphatic heterocycles. The van der Waals surface area contributed by atoms with Gasteiger partial charge in [-0.05, 0) is 41.5 Å². The molecule has 2 heterocycles. The first kappa shape index (κ1) is 25.5. The van der Waals surface area contributed by atoms with Gasteiger partial charge in [-0.3, -0.25) is 14.0 Å². The van der Waals surface area contributed by atoms with Crippen LogP contribution in [0.25, 0.3) is 16.9 Å². The molecule has 0 saturated heterocycles. The number of benzene rings is 2. The molecule has 10 heteroatoms. The Morgan fingerprint density at radius 1 is 0.973 bits per heavy atom. The van der Waals surface area contributed by atoms with Gasteiger partial charge in [0.25, 0.3) is 5.91 Å². The molecule has 0 atom stereocenters. The van der Waals surface area contributed by atoms with Gasteiger partial charge in [-0.25, -0.2) is 4.98 Å². The fraction of sp³-hybridized carbons (Fsp3) is 0.222. The zero-order chi connectivity index (χ0) is 26.4. The number of nitrogens with two attached hydrogens (primary N) is 1. The molecule has 0 bridgehead atoms. The molecule has 4 aromatic rings. The molecule has 0 saturated carbocycles. The van der Waals surface area contributed by atoms with E-state index in [1.54, 1.807) is 49.1 Å². The van der Waals surface area contributed by atoms with Crippen molar-refractivity contribution in [3.05, 3.63) is 77.5 Å². The number of aromatic nitrogens is 2. The Kier molecular flexibility index (Phi) is 7.89. The van der Waals surface area contributed by atoms with E-state index in [1.807, 2.05) is 30.3 Å². The smallest absolute Gasteiger partial charge is 0.325 e. The number of methoxy groups -OCH3 is 3. The number of fused-ring (bicyclic) bond motifs is 1. The third kappa shape index (κ3) is 5.65. The quantitative estimate of drug-likeness (QED) is 0.282. The van der Waals surface area contributed by atoms with Crippen molar-refractivity contribution in [2.75, 3.05) is 33.2 Å². The first-order chi connectivity index (χ1) is 18.0. The predicted octanol–water partition coefficient (Wildman–Crippen LogP) is 2.99. The molecule has 0 fully saturated rings. The van der Waals surface area contributed by atoms with Gasteiger partial charge in [-0.1, -0.05) is 24.3 Å². The van der Waals surface area contributed by atoms with E-state index in [9.17, 15) is 9.59 Å². The van der Waals surface area contributed by atoms with Crippen molar-refractivity contribution in [2.45, 2.75) is 13.1 Å². The van der Waals surface area contributed by atoms with E-state index >= 15 is 0 Å². The molecule has 0 unspecified atom stereocenters. The Morgan fingerprint density at radius 2 is 1.76 bits per heavy atom. The predicted molar refractivity (Wildman–Crippen MR) is 140 cm³/mol. The number of esters is 1. The fourth-order valence-electron chi connectivity index (χ4n) is 3.92. The molecule has 37 heavy (non-hydrogen) atoms. The summed E-state index contributed by atoms with van der Waals surface area (Å²) < 4.78 is 17.3. The number of hydrogen-bond donors (Lipinski definition) is 3. The second-order valence-electron chi connectivity index (χ2n) is 8.16. The number of rotatable bonds is 10. The van der Waals surface area contributed by atoms with Crippen LogP contribution in [0.1, 0.15) is 21.5 Å². The lowest BCUT2D eigenvalue weighted by Crippen LogP contribution is -2.23. The molecular formula is C27H29N5O5. The van der Waals surface area contributed by atoms with Gasteiger partial charge in [-0.15, -0.1) is 0 Å². The average Bonchev–Trinajstić information content (AvgIpc) is 3.31. The molecule has 0 radical (unpaired) electrons. The lowest BCUT2D eigenvalue weighted by atomic mass is 10.1. The van der Waals surface area contributed by atoms with Crippen LogP contribution in [0.15, 0.2) is 60.8 Å². The van der Waals surface area contributed by atoms with E-state index in [2.05, 4.69) is 10.6 Å². The monoisotopic (exact) mass is 503 g/mol. The van der Waals surface area contributed by atoms with E-state index in [0.717, 1.165) is 16.7 Å². The van der Waals surface area contributed by atoms with Gasteiger partial charge in [0.2, 0.25) is 0 Å². The van der Waals surface area contributed by atoms with Crippen LogP contribution in [0.3, 0.4) is 0 Å². The van der Waals surface area contributed by atoms with Crippen LogP contribution in [0.2, 0.25) is 0 Å². The fourth-order valence-corrected chi connectivity index (χ4v) is 3.92. The summed E-state index contributed by atoms with van der Waals surface area (Å²) in [6, 6.07) is 16.6. The van der Waals surface area contributed by atoms with Crippen molar-refractivity contribution >= 4 is 23.3 Å². The Hall–Kier alpha value is -4.57. The Balaban J connectivity index is 1.66. The number of carbonyl (C=O) groups excluding carboxylic acids is 2. The minimum atomic E-state index is -0.428. The van der Waals surface area contributed by atoms with Crippen molar-refractivity contribution < 1.29 is 23.8 Å². The minimum absolute atomic E-state index is 0.0608. The van der Waals surface area contributed by atoms with Crippen molar-refractivity contribution in [1.29, 1.82) is 0 Å². The van der Waals surface area contributed by atoms with E-state index in [0.29, 0.717) is 47.3 Å². The maximum absolute atomic E-state index is 12.9. The van der Waals surface area contributed by atoms with Crippen molar-refractivity contribution in [3.63, 3.8) is 0 Å².